The maximum atomic E-state index is 10.5. The Bertz CT molecular complexity index is 173. The summed E-state index contributed by atoms with van der Waals surface area (Å²) in [5.41, 5.74) is 1.02. The number of hydrogen-bond acceptors (Lipinski definition) is 2. The van der Waals surface area contributed by atoms with Gasteiger partial charge in [-0.25, -0.2) is 4.57 Å². The quantitative estimate of drug-likeness (QED) is 0.427. The first-order chi connectivity index (χ1) is 4.49. The van der Waals surface area contributed by atoms with Gasteiger partial charge in [-0.05, 0) is 0 Å². The van der Waals surface area contributed by atoms with E-state index in [0.717, 1.165) is 5.54 Å². The Morgan fingerprint density at radius 1 is 1.60 bits per heavy atom. The van der Waals surface area contributed by atoms with E-state index in [9.17, 15) is 4.57 Å². The van der Waals surface area contributed by atoms with Gasteiger partial charge in [-0.15, -0.1) is 11.6 Å². The van der Waals surface area contributed by atoms with Gasteiger partial charge in [-0.1, -0.05) is 11.6 Å². The van der Waals surface area contributed by atoms with E-state index in [1.807, 2.05) is 0 Å². The van der Waals surface area contributed by atoms with Gasteiger partial charge in [0.2, 0.25) is 0 Å². The molecule has 0 saturated carbocycles. The Morgan fingerprint density at radius 3 is 2.20 bits per heavy atom. The number of halogens is 4. The summed E-state index contributed by atoms with van der Waals surface area (Å²) in [6.07, 6.45) is -3.55. The van der Waals surface area contributed by atoms with Crippen molar-refractivity contribution in [1.29, 1.82) is 0 Å². The normalized spacial score (nSPS) is 13.4. The Kier molecular flexibility index (Phi) is 5.18. The summed E-state index contributed by atoms with van der Waals surface area (Å²) >= 11 is 20.5. The van der Waals surface area contributed by atoms with Crippen molar-refractivity contribution < 1.29 is 9.09 Å². The lowest BCUT2D eigenvalue weighted by atomic mass is 10.7. The van der Waals surface area contributed by atoms with Gasteiger partial charge < -0.3 is 4.52 Å². The first-order valence-corrected chi connectivity index (χ1v) is 6.44. The Hall–Kier alpha value is 0.930. The van der Waals surface area contributed by atoms with Crippen LogP contribution in [-0.4, -0.2) is 5.88 Å². The number of allylic oxidation sites excluding steroid dienone is 1. The first-order valence-electron chi connectivity index (χ1n) is 2.04. The van der Waals surface area contributed by atoms with Crippen molar-refractivity contribution in [3.05, 3.63) is 11.3 Å². The highest BCUT2D eigenvalue weighted by Crippen LogP contribution is 2.59. The van der Waals surface area contributed by atoms with E-state index in [4.69, 9.17) is 45.7 Å². The van der Waals surface area contributed by atoms with E-state index < -0.39 is 6.07 Å². The molecule has 2 nitrogen and oxygen atoms in total. The molecule has 7 heteroatoms. The van der Waals surface area contributed by atoms with Crippen LogP contribution in [0.25, 0.3) is 0 Å². The van der Waals surface area contributed by atoms with Gasteiger partial charge >= 0.3 is 6.07 Å². The molecular formula is C3H3Cl4O2P. The summed E-state index contributed by atoms with van der Waals surface area (Å²) in [4.78, 5) is 0. The van der Waals surface area contributed by atoms with Crippen molar-refractivity contribution in [1.82, 2.24) is 0 Å². The predicted molar refractivity (Wildman–Crippen MR) is 45.1 cm³/mol. The maximum absolute atomic E-state index is 10.5. The molecule has 0 aromatic heterocycles. The topological polar surface area (TPSA) is 26.3 Å². The van der Waals surface area contributed by atoms with Gasteiger partial charge in [-0.2, -0.15) is 0 Å². The second-order valence-corrected chi connectivity index (χ2v) is 5.90. The minimum absolute atomic E-state index is 0.0209. The summed E-state index contributed by atoms with van der Waals surface area (Å²) in [5, 5.41) is 0. The Morgan fingerprint density at radius 2 is 2.10 bits per heavy atom. The van der Waals surface area contributed by atoms with Crippen molar-refractivity contribution in [2.24, 2.45) is 0 Å². The van der Waals surface area contributed by atoms with Crippen LogP contribution >= 0.6 is 51.8 Å². The molecule has 0 aromatic carbocycles. The minimum atomic E-state index is -3.55. The van der Waals surface area contributed by atoms with Gasteiger partial charge in [-0.3, -0.25) is 0 Å². The SMILES string of the molecule is O=P(Cl)(Cl)O/C(=C\Cl)CCl. The third-order valence-corrected chi connectivity index (χ3v) is 1.84. The van der Waals surface area contributed by atoms with E-state index >= 15 is 0 Å². The Balaban J connectivity index is 4.02. The average Bonchev–Trinajstić information content (AvgIpc) is 1.81. The predicted octanol–water partition coefficient (Wildman–Crippen LogP) is 3.91. The lowest BCUT2D eigenvalue weighted by molar-refractivity contribution is 0.435. The van der Waals surface area contributed by atoms with Crippen LogP contribution in [0.3, 0.4) is 0 Å². The summed E-state index contributed by atoms with van der Waals surface area (Å²) in [5.74, 6) is 0.0593. The molecule has 0 atom stereocenters. The number of hydrogen-bond donors (Lipinski definition) is 0. The van der Waals surface area contributed by atoms with E-state index in [-0.39, 0.29) is 11.6 Å². The summed E-state index contributed by atoms with van der Waals surface area (Å²) in [7, 11) is 0. The first kappa shape index (κ1) is 10.9. The fraction of sp³-hybridized carbons (Fsp3) is 0.333. The van der Waals surface area contributed by atoms with Gasteiger partial charge in [0.25, 0.3) is 0 Å². The second-order valence-electron chi connectivity index (χ2n) is 1.21. The van der Waals surface area contributed by atoms with Crippen LogP contribution in [0.4, 0.5) is 0 Å². The fourth-order valence-corrected chi connectivity index (χ4v) is 1.60. The van der Waals surface area contributed by atoms with Crippen LogP contribution in [-0.2, 0) is 9.09 Å². The smallest absolute Gasteiger partial charge is 0.425 e. The van der Waals surface area contributed by atoms with E-state index in [1.165, 1.54) is 0 Å². The van der Waals surface area contributed by atoms with Gasteiger partial charge in [0.15, 0.2) is 0 Å². The highest BCUT2D eigenvalue weighted by atomic mass is 35.9. The van der Waals surface area contributed by atoms with Crippen molar-refractivity contribution >= 4 is 51.8 Å². The highest BCUT2D eigenvalue weighted by molar-refractivity contribution is 8.05. The lowest BCUT2D eigenvalue weighted by Gasteiger charge is -2.05. The van der Waals surface area contributed by atoms with Crippen LogP contribution in [0, 0.1) is 0 Å². The molecule has 0 rings (SSSR count). The van der Waals surface area contributed by atoms with Crippen molar-refractivity contribution in [3.63, 3.8) is 0 Å². The number of rotatable bonds is 3. The summed E-state index contributed by atoms with van der Waals surface area (Å²) in [6, 6.07) is 0. The monoisotopic (exact) mass is 242 g/mol. The van der Waals surface area contributed by atoms with Crippen molar-refractivity contribution in [2.75, 3.05) is 5.88 Å². The molecule has 0 fully saturated rings. The zero-order valence-electron chi connectivity index (χ0n) is 4.56. The van der Waals surface area contributed by atoms with Crippen molar-refractivity contribution in [2.45, 2.75) is 0 Å². The molecule has 0 bridgehead atoms. The Labute approximate surface area is 78.1 Å². The second kappa shape index (κ2) is 4.74. The average molecular weight is 244 g/mol. The van der Waals surface area contributed by atoms with Crippen LogP contribution < -0.4 is 0 Å². The number of alkyl halides is 1. The maximum Gasteiger partial charge on any atom is 0.427 e. The van der Waals surface area contributed by atoms with Gasteiger partial charge in [0, 0.05) is 28.0 Å². The molecule has 0 heterocycles. The van der Waals surface area contributed by atoms with Crippen LogP contribution in [0.2, 0.25) is 0 Å². The molecule has 0 amide bonds. The fourth-order valence-electron chi connectivity index (χ4n) is 0.210. The summed E-state index contributed by atoms with van der Waals surface area (Å²) in [6.45, 7) is 0. The molecule has 0 aliphatic rings. The zero-order valence-corrected chi connectivity index (χ0v) is 8.48. The molecule has 0 aliphatic heterocycles. The third-order valence-electron chi connectivity index (χ3n) is 0.477. The molecule has 0 radical (unpaired) electrons. The molecule has 0 spiro atoms. The lowest BCUT2D eigenvalue weighted by Crippen LogP contribution is -1.84. The van der Waals surface area contributed by atoms with Gasteiger partial charge in [0.1, 0.15) is 5.76 Å². The largest absolute Gasteiger partial charge is 0.427 e. The van der Waals surface area contributed by atoms with Crippen LogP contribution in [0.15, 0.2) is 11.3 Å². The van der Waals surface area contributed by atoms with E-state index in [1.54, 1.807) is 0 Å². The molecule has 10 heavy (non-hydrogen) atoms. The molecule has 0 N–H and O–H groups in total. The highest BCUT2D eigenvalue weighted by Gasteiger charge is 2.16. The third kappa shape index (κ3) is 5.70. The van der Waals surface area contributed by atoms with Crippen LogP contribution in [0.1, 0.15) is 0 Å². The molecule has 0 saturated heterocycles. The molecule has 0 unspecified atom stereocenters. The minimum Gasteiger partial charge on any atom is -0.425 e. The molecule has 0 aromatic rings. The van der Waals surface area contributed by atoms with E-state index in [0.29, 0.717) is 0 Å². The molecule has 0 aliphatic carbocycles. The van der Waals surface area contributed by atoms with Crippen LogP contribution in [0.5, 0.6) is 0 Å². The van der Waals surface area contributed by atoms with Gasteiger partial charge in [0.05, 0.1) is 5.88 Å². The molecule has 60 valence electrons. The molecular weight excluding hydrogens is 241 g/mol. The standard InChI is InChI=1S/C3H3Cl4O2P/c4-1-3(2-5)9-10(6,7)8/h1H,2H2/b3-1-. The summed E-state index contributed by atoms with van der Waals surface area (Å²) < 4.78 is 14.9. The van der Waals surface area contributed by atoms with Crippen molar-refractivity contribution in [3.8, 4) is 0 Å². The zero-order chi connectivity index (χ0) is 8.20. The van der Waals surface area contributed by atoms with E-state index in [2.05, 4.69) is 4.52 Å².